The molecule has 1 aromatic heterocycles. The van der Waals surface area contributed by atoms with Crippen molar-refractivity contribution in [2.75, 3.05) is 11.9 Å². The molecule has 2 heterocycles. The number of imide groups is 1. The van der Waals surface area contributed by atoms with E-state index in [1.807, 2.05) is 49.6 Å². The second-order valence-electron chi connectivity index (χ2n) is 7.95. The quantitative estimate of drug-likeness (QED) is 0.409. The molecule has 0 radical (unpaired) electrons. The van der Waals surface area contributed by atoms with E-state index in [2.05, 4.69) is 10.6 Å². The van der Waals surface area contributed by atoms with Crippen molar-refractivity contribution in [1.29, 1.82) is 0 Å². The molecule has 1 fully saturated rings. The Morgan fingerprint density at radius 3 is 2.59 bits per heavy atom. The zero-order valence-electron chi connectivity index (χ0n) is 18.8. The SMILES string of the molecule is Cc1c(Cl)cccc1-n1c(C)cc(/C=C2/NC(=O)N(CC(=O)Nc3ccccc3F)C2=O)c1C. The van der Waals surface area contributed by atoms with Crippen molar-refractivity contribution in [1.82, 2.24) is 14.8 Å². The molecule has 7 nitrogen and oxygen atoms in total. The summed E-state index contributed by atoms with van der Waals surface area (Å²) in [6.45, 7) is 5.22. The molecule has 4 amide bonds. The van der Waals surface area contributed by atoms with Crippen molar-refractivity contribution in [3.63, 3.8) is 0 Å². The number of amides is 4. The van der Waals surface area contributed by atoms with Crippen LogP contribution in [0.2, 0.25) is 5.02 Å². The van der Waals surface area contributed by atoms with E-state index in [4.69, 9.17) is 11.6 Å². The fraction of sp³-hybridized carbons (Fsp3) is 0.160. The molecule has 1 aliphatic rings. The van der Waals surface area contributed by atoms with Crippen molar-refractivity contribution in [3.8, 4) is 5.69 Å². The van der Waals surface area contributed by atoms with Gasteiger partial charge < -0.3 is 15.2 Å². The molecular weight excluding hydrogens is 459 g/mol. The Morgan fingerprint density at radius 1 is 1.12 bits per heavy atom. The van der Waals surface area contributed by atoms with Gasteiger partial charge in [-0.1, -0.05) is 29.8 Å². The Kier molecular flexibility index (Phi) is 6.26. The van der Waals surface area contributed by atoms with E-state index in [9.17, 15) is 18.8 Å². The Balaban J connectivity index is 1.56. The maximum absolute atomic E-state index is 13.8. The topological polar surface area (TPSA) is 83.4 Å². The number of carbonyl (C=O) groups excluding carboxylic acids is 3. The molecule has 174 valence electrons. The molecule has 0 spiro atoms. The van der Waals surface area contributed by atoms with Gasteiger partial charge in [0.05, 0.1) is 5.69 Å². The number of anilines is 1. The molecule has 4 rings (SSSR count). The number of halogens is 2. The predicted molar refractivity (Wildman–Crippen MR) is 128 cm³/mol. The average Bonchev–Trinajstić information content (AvgIpc) is 3.21. The first-order valence-electron chi connectivity index (χ1n) is 10.5. The summed E-state index contributed by atoms with van der Waals surface area (Å²) in [5.41, 5.74) is 4.37. The van der Waals surface area contributed by atoms with Crippen LogP contribution >= 0.6 is 11.6 Å². The number of aryl methyl sites for hydroxylation is 1. The van der Waals surface area contributed by atoms with Gasteiger partial charge in [-0.25, -0.2) is 14.1 Å². The van der Waals surface area contributed by atoms with E-state index < -0.39 is 30.2 Å². The lowest BCUT2D eigenvalue weighted by Crippen LogP contribution is -2.38. The molecule has 34 heavy (non-hydrogen) atoms. The number of rotatable bonds is 5. The highest BCUT2D eigenvalue weighted by atomic mass is 35.5. The standard InChI is InChI=1S/C25H22ClFN4O3/c1-14-11-17(16(3)31(14)22-10-6-7-18(26)15(22)2)12-21-24(33)30(25(34)29-21)13-23(32)28-20-9-5-4-8-19(20)27/h4-12H,13H2,1-3H3,(H,28,32)(H,29,34)/b21-12+. The number of nitrogens with one attached hydrogen (secondary N) is 2. The molecule has 0 bridgehead atoms. The second kappa shape index (κ2) is 9.15. The van der Waals surface area contributed by atoms with Crippen LogP contribution in [0.4, 0.5) is 14.9 Å². The lowest BCUT2D eigenvalue weighted by atomic mass is 10.2. The van der Waals surface area contributed by atoms with Crippen LogP contribution < -0.4 is 10.6 Å². The first-order valence-corrected chi connectivity index (χ1v) is 10.9. The number of hydrogen-bond acceptors (Lipinski definition) is 3. The summed E-state index contributed by atoms with van der Waals surface area (Å²) in [7, 11) is 0. The highest BCUT2D eigenvalue weighted by molar-refractivity contribution is 6.31. The Bertz CT molecular complexity index is 1360. The van der Waals surface area contributed by atoms with Gasteiger partial charge in [0, 0.05) is 22.1 Å². The first kappa shape index (κ1) is 23.3. The van der Waals surface area contributed by atoms with Crippen molar-refractivity contribution in [2.24, 2.45) is 0 Å². The lowest BCUT2D eigenvalue weighted by Gasteiger charge is -2.13. The third kappa shape index (κ3) is 4.32. The van der Waals surface area contributed by atoms with Gasteiger partial charge in [-0.3, -0.25) is 9.59 Å². The maximum atomic E-state index is 13.8. The molecule has 0 atom stereocenters. The molecule has 0 unspecified atom stereocenters. The van der Waals surface area contributed by atoms with Crippen molar-refractivity contribution >= 4 is 41.2 Å². The third-order valence-corrected chi connectivity index (χ3v) is 6.07. The minimum absolute atomic E-state index is 0.0286. The number of urea groups is 1. The summed E-state index contributed by atoms with van der Waals surface area (Å²) in [6, 6.07) is 12.5. The van der Waals surface area contributed by atoms with Gasteiger partial charge in [-0.05, 0) is 68.3 Å². The van der Waals surface area contributed by atoms with Gasteiger partial charge in [-0.15, -0.1) is 0 Å². The molecule has 2 aromatic carbocycles. The fourth-order valence-corrected chi connectivity index (χ4v) is 4.08. The molecule has 0 saturated carbocycles. The van der Waals surface area contributed by atoms with E-state index >= 15 is 0 Å². The van der Waals surface area contributed by atoms with Crippen LogP contribution in [0.15, 0.2) is 54.2 Å². The molecule has 3 aromatic rings. The second-order valence-corrected chi connectivity index (χ2v) is 8.36. The maximum Gasteiger partial charge on any atom is 0.329 e. The summed E-state index contributed by atoms with van der Waals surface area (Å²) in [5.74, 6) is -1.94. The van der Waals surface area contributed by atoms with E-state index in [-0.39, 0.29) is 11.4 Å². The van der Waals surface area contributed by atoms with Crippen molar-refractivity contribution < 1.29 is 18.8 Å². The van der Waals surface area contributed by atoms with E-state index in [1.54, 1.807) is 12.1 Å². The number of aromatic nitrogens is 1. The summed E-state index contributed by atoms with van der Waals surface area (Å²) in [4.78, 5) is 38.3. The van der Waals surface area contributed by atoms with Crippen molar-refractivity contribution in [3.05, 3.63) is 87.6 Å². The lowest BCUT2D eigenvalue weighted by molar-refractivity contribution is -0.127. The van der Waals surface area contributed by atoms with Crippen molar-refractivity contribution in [2.45, 2.75) is 20.8 Å². The summed E-state index contributed by atoms with van der Waals surface area (Å²) in [6.07, 6.45) is 1.58. The number of hydrogen-bond donors (Lipinski definition) is 2. The highest BCUT2D eigenvalue weighted by Crippen LogP contribution is 2.28. The molecule has 9 heteroatoms. The Hall–Kier alpha value is -3.91. The number of benzene rings is 2. The minimum Gasteiger partial charge on any atom is -0.322 e. The molecule has 2 N–H and O–H groups in total. The number of para-hydroxylation sites is 1. The van der Waals surface area contributed by atoms with Gasteiger partial charge in [0.15, 0.2) is 0 Å². The van der Waals surface area contributed by atoms with Gasteiger partial charge in [-0.2, -0.15) is 0 Å². The third-order valence-electron chi connectivity index (χ3n) is 5.66. The average molecular weight is 481 g/mol. The Morgan fingerprint density at radius 2 is 1.85 bits per heavy atom. The van der Waals surface area contributed by atoms with E-state index in [0.29, 0.717) is 5.02 Å². The molecule has 0 aliphatic carbocycles. The molecule has 1 saturated heterocycles. The van der Waals surface area contributed by atoms with E-state index in [0.717, 1.165) is 33.1 Å². The first-order chi connectivity index (χ1) is 16.2. The zero-order chi connectivity index (χ0) is 24.6. The number of carbonyl (C=O) groups is 3. The Labute approximate surface area is 200 Å². The monoisotopic (exact) mass is 480 g/mol. The zero-order valence-corrected chi connectivity index (χ0v) is 19.5. The largest absolute Gasteiger partial charge is 0.329 e. The minimum atomic E-state index is -0.723. The van der Waals surface area contributed by atoms with Crippen LogP contribution in [0.25, 0.3) is 11.8 Å². The van der Waals surface area contributed by atoms with Gasteiger partial charge >= 0.3 is 6.03 Å². The van der Waals surface area contributed by atoms with Crippen LogP contribution in [0, 0.1) is 26.6 Å². The number of nitrogens with zero attached hydrogens (tertiary/aromatic N) is 2. The fourth-order valence-electron chi connectivity index (χ4n) is 3.91. The van der Waals surface area contributed by atoms with E-state index in [1.165, 1.54) is 18.2 Å². The summed E-state index contributed by atoms with van der Waals surface area (Å²) < 4.78 is 15.8. The smallest absolute Gasteiger partial charge is 0.322 e. The van der Waals surface area contributed by atoms with Crippen LogP contribution in [0.5, 0.6) is 0 Å². The van der Waals surface area contributed by atoms with Gasteiger partial charge in [0.1, 0.15) is 18.1 Å². The summed E-state index contributed by atoms with van der Waals surface area (Å²) in [5, 5.41) is 5.53. The van der Waals surface area contributed by atoms with Crippen LogP contribution in [-0.2, 0) is 9.59 Å². The predicted octanol–water partition coefficient (Wildman–Crippen LogP) is 4.73. The highest BCUT2D eigenvalue weighted by Gasteiger charge is 2.35. The summed E-state index contributed by atoms with van der Waals surface area (Å²) >= 11 is 6.29. The van der Waals surface area contributed by atoms with Crippen LogP contribution in [0.1, 0.15) is 22.5 Å². The normalized spacial score (nSPS) is 14.6. The molecule has 1 aliphatic heterocycles. The van der Waals surface area contributed by atoms with Gasteiger partial charge in [0.25, 0.3) is 5.91 Å². The van der Waals surface area contributed by atoms with Crippen LogP contribution in [-0.4, -0.2) is 33.9 Å². The molecular formula is C25H22ClFN4O3. The van der Waals surface area contributed by atoms with Crippen LogP contribution in [0.3, 0.4) is 0 Å². The van der Waals surface area contributed by atoms with Gasteiger partial charge in [0.2, 0.25) is 5.91 Å².